The van der Waals surface area contributed by atoms with Crippen molar-refractivity contribution in [2.75, 3.05) is 31.7 Å². The monoisotopic (exact) mass is 469 g/mol. The Morgan fingerprint density at radius 2 is 1.79 bits per heavy atom. The van der Waals surface area contributed by atoms with Gasteiger partial charge in [0.25, 0.3) is 0 Å². The standard InChI is InChI=1S/C27H43N5O2/c1-8-9-10-15-29-25-23(20(3)30-26(28)31-25)16-21-11-13-22(14-12-21)17-24(33)34-27(4,5)18-19(2)32(6)7/h11-14,19H,8-10,15-18H2,1-7H3,(H3,28,29,30,31). The molecule has 1 aromatic carbocycles. The second-order valence-corrected chi connectivity index (χ2v) is 10.0. The number of ether oxygens (including phenoxy) is 1. The van der Waals surface area contributed by atoms with Crippen molar-refractivity contribution in [1.29, 1.82) is 0 Å². The Hall–Kier alpha value is -2.67. The molecule has 0 saturated heterocycles. The van der Waals surface area contributed by atoms with Gasteiger partial charge in [-0.2, -0.15) is 4.98 Å². The van der Waals surface area contributed by atoms with E-state index in [1.807, 2.05) is 47.0 Å². The van der Waals surface area contributed by atoms with Crippen LogP contribution < -0.4 is 11.1 Å². The maximum atomic E-state index is 12.6. The maximum Gasteiger partial charge on any atom is 0.310 e. The largest absolute Gasteiger partial charge is 0.459 e. The Bertz CT molecular complexity index is 925. The number of hydrogen-bond acceptors (Lipinski definition) is 7. The number of hydrogen-bond donors (Lipinski definition) is 2. The quantitative estimate of drug-likeness (QED) is 0.322. The molecule has 0 saturated carbocycles. The fraction of sp³-hybridized carbons (Fsp3) is 0.593. The van der Waals surface area contributed by atoms with E-state index >= 15 is 0 Å². The van der Waals surface area contributed by atoms with Crippen LogP contribution in [0.4, 0.5) is 11.8 Å². The lowest BCUT2D eigenvalue weighted by Gasteiger charge is -2.31. The fourth-order valence-electron chi connectivity index (χ4n) is 3.98. The van der Waals surface area contributed by atoms with E-state index in [0.29, 0.717) is 12.5 Å². The molecule has 7 nitrogen and oxygen atoms in total. The first-order valence-corrected chi connectivity index (χ1v) is 12.3. The van der Waals surface area contributed by atoms with Crippen LogP contribution in [0.5, 0.6) is 0 Å². The molecular weight excluding hydrogens is 426 g/mol. The van der Waals surface area contributed by atoms with Crippen molar-refractivity contribution < 1.29 is 9.53 Å². The van der Waals surface area contributed by atoms with Gasteiger partial charge in [0.15, 0.2) is 0 Å². The molecule has 0 radical (unpaired) electrons. The number of unbranched alkanes of at least 4 members (excludes halogenated alkanes) is 2. The summed E-state index contributed by atoms with van der Waals surface area (Å²) < 4.78 is 5.78. The number of anilines is 2. The summed E-state index contributed by atoms with van der Waals surface area (Å²) in [5, 5.41) is 3.43. The highest BCUT2D eigenvalue weighted by Crippen LogP contribution is 2.23. The lowest BCUT2D eigenvalue weighted by Crippen LogP contribution is -2.37. The number of nitrogens with two attached hydrogens (primary N) is 1. The molecule has 1 heterocycles. The molecule has 0 fully saturated rings. The van der Waals surface area contributed by atoms with E-state index < -0.39 is 5.60 Å². The summed E-state index contributed by atoms with van der Waals surface area (Å²) in [6.45, 7) is 11.1. The minimum Gasteiger partial charge on any atom is -0.459 e. The summed E-state index contributed by atoms with van der Waals surface area (Å²) in [7, 11) is 4.07. The van der Waals surface area contributed by atoms with Gasteiger partial charge in [-0.1, -0.05) is 44.0 Å². The van der Waals surface area contributed by atoms with Crippen molar-refractivity contribution >= 4 is 17.7 Å². The smallest absolute Gasteiger partial charge is 0.310 e. The van der Waals surface area contributed by atoms with Gasteiger partial charge in [0, 0.05) is 36.7 Å². The van der Waals surface area contributed by atoms with Gasteiger partial charge in [0.05, 0.1) is 6.42 Å². The van der Waals surface area contributed by atoms with Gasteiger partial charge in [0.2, 0.25) is 5.95 Å². The molecule has 0 aliphatic rings. The Labute approximate surface area is 205 Å². The average Bonchev–Trinajstić information content (AvgIpc) is 2.73. The first-order chi connectivity index (χ1) is 16.0. The zero-order chi connectivity index (χ0) is 25.3. The molecule has 0 amide bonds. The lowest BCUT2D eigenvalue weighted by atomic mass is 9.99. The van der Waals surface area contributed by atoms with Gasteiger partial charge >= 0.3 is 5.97 Å². The van der Waals surface area contributed by atoms with E-state index in [4.69, 9.17) is 10.5 Å². The van der Waals surface area contributed by atoms with Crippen molar-refractivity contribution in [3.8, 4) is 0 Å². The van der Waals surface area contributed by atoms with Gasteiger partial charge < -0.3 is 20.7 Å². The predicted molar refractivity (Wildman–Crippen MR) is 140 cm³/mol. The van der Waals surface area contributed by atoms with Crippen molar-refractivity contribution in [1.82, 2.24) is 14.9 Å². The molecule has 2 rings (SSSR count). The summed E-state index contributed by atoms with van der Waals surface area (Å²) in [6, 6.07) is 8.42. The molecule has 0 spiro atoms. The fourth-order valence-corrected chi connectivity index (χ4v) is 3.98. The van der Waals surface area contributed by atoms with Crippen molar-refractivity contribution in [3.05, 3.63) is 46.6 Å². The van der Waals surface area contributed by atoms with Gasteiger partial charge in [-0.3, -0.25) is 4.79 Å². The van der Waals surface area contributed by atoms with Crippen LogP contribution in [0.15, 0.2) is 24.3 Å². The Morgan fingerprint density at radius 3 is 2.41 bits per heavy atom. The van der Waals surface area contributed by atoms with Crippen LogP contribution in [0.3, 0.4) is 0 Å². The predicted octanol–water partition coefficient (Wildman–Crippen LogP) is 4.76. The number of carbonyl (C=O) groups excluding carboxylic acids is 1. The van der Waals surface area contributed by atoms with E-state index in [1.54, 1.807) is 0 Å². The van der Waals surface area contributed by atoms with Gasteiger partial charge in [-0.15, -0.1) is 0 Å². The minimum atomic E-state index is -0.506. The molecule has 0 bridgehead atoms. The number of rotatable bonds is 13. The first-order valence-electron chi connectivity index (χ1n) is 12.3. The van der Waals surface area contributed by atoms with Gasteiger partial charge in [-0.05, 0) is 59.3 Å². The van der Waals surface area contributed by atoms with E-state index in [2.05, 4.69) is 46.2 Å². The maximum absolute atomic E-state index is 12.6. The second kappa shape index (κ2) is 12.7. The molecule has 34 heavy (non-hydrogen) atoms. The van der Waals surface area contributed by atoms with Crippen LogP contribution in [0.25, 0.3) is 0 Å². The number of nitrogen functional groups attached to an aromatic ring is 1. The summed E-state index contributed by atoms with van der Waals surface area (Å²) >= 11 is 0. The summed E-state index contributed by atoms with van der Waals surface area (Å²) in [4.78, 5) is 23.5. The van der Waals surface area contributed by atoms with E-state index in [0.717, 1.165) is 47.6 Å². The number of nitrogens with one attached hydrogen (secondary N) is 1. The number of carbonyl (C=O) groups is 1. The highest BCUT2D eigenvalue weighted by molar-refractivity contribution is 5.73. The zero-order valence-electron chi connectivity index (χ0n) is 22.1. The third-order valence-corrected chi connectivity index (χ3v) is 6.11. The van der Waals surface area contributed by atoms with Crippen LogP contribution in [-0.2, 0) is 22.4 Å². The molecule has 1 atom stereocenters. The van der Waals surface area contributed by atoms with Crippen molar-refractivity contribution in [2.45, 2.75) is 84.8 Å². The topological polar surface area (TPSA) is 93.4 Å². The number of benzene rings is 1. The third kappa shape index (κ3) is 8.93. The molecule has 7 heteroatoms. The normalized spacial score (nSPS) is 12.6. The van der Waals surface area contributed by atoms with Gasteiger partial charge in [-0.25, -0.2) is 4.98 Å². The number of esters is 1. The Kier molecular flexibility index (Phi) is 10.3. The molecular formula is C27H43N5O2. The molecule has 3 N–H and O–H groups in total. The Balaban J connectivity index is 2.02. The third-order valence-electron chi connectivity index (χ3n) is 6.11. The average molecular weight is 470 g/mol. The molecule has 2 aromatic rings. The van der Waals surface area contributed by atoms with E-state index in [1.165, 1.54) is 12.8 Å². The summed E-state index contributed by atoms with van der Waals surface area (Å²) in [5.41, 5.74) is 9.39. The highest BCUT2D eigenvalue weighted by atomic mass is 16.6. The lowest BCUT2D eigenvalue weighted by molar-refractivity contribution is -0.157. The molecule has 1 unspecified atom stereocenters. The van der Waals surface area contributed by atoms with Gasteiger partial charge in [0.1, 0.15) is 11.4 Å². The van der Waals surface area contributed by atoms with E-state index in [-0.39, 0.29) is 18.3 Å². The SMILES string of the molecule is CCCCCNc1nc(N)nc(C)c1Cc1ccc(CC(=O)OC(C)(C)CC(C)N(C)C)cc1. The van der Waals surface area contributed by atoms with Crippen LogP contribution in [-0.4, -0.2) is 53.1 Å². The molecule has 0 aliphatic heterocycles. The van der Waals surface area contributed by atoms with E-state index in [9.17, 15) is 4.79 Å². The Morgan fingerprint density at radius 1 is 1.15 bits per heavy atom. The molecule has 188 valence electrons. The second-order valence-electron chi connectivity index (χ2n) is 10.0. The van der Waals surface area contributed by atoms with Crippen LogP contribution in [0.2, 0.25) is 0 Å². The van der Waals surface area contributed by atoms with Crippen LogP contribution in [0, 0.1) is 6.92 Å². The summed E-state index contributed by atoms with van der Waals surface area (Å²) in [6.07, 6.45) is 5.18. The first kappa shape index (κ1) is 27.6. The number of nitrogens with zero attached hydrogens (tertiary/aromatic N) is 3. The number of aromatic nitrogens is 2. The highest BCUT2D eigenvalue weighted by Gasteiger charge is 2.26. The molecule has 0 aliphatic carbocycles. The van der Waals surface area contributed by atoms with Crippen LogP contribution in [0.1, 0.15) is 75.8 Å². The van der Waals surface area contributed by atoms with Crippen molar-refractivity contribution in [3.63, 3.8) is 0 Å². The molecule has 1 aromatic heterocycles. The summed E-state index contributed by atoms with van der Waals surface area (Å²) in [5.74, 6) is 0.893. The minimum absolute atomic E-state index is 0.204. The number of aryl methyl sites for hydroxylation is 1. The van der Waals surface area contributed by atoms with Crippen molar-refractivity contribution in [2.24, 2.45) is 0 Å². The zero-order valence-corrected chi connectivity index (χ0v) is 22.1. The van der Waals surface area contributed by atoms with Crippen LogP contribution >= 0.6 is 0 Å².